The van der Waals surface area contributed by atoms with Crippen LogP contribution >= 0.6 is 23.2 Å². The zero-order valence-electron chi connectivity index (χ0n) is 17.2. The van der Waals surface area contributed by atoms with E-state index in [9.17, 15) is 26.4 Å². The van der Waals surface area contributed by atoms with Gasteiger partial charge in [0.25, 0.3) is 15.9 Å². The van der Waals surface area contributed by atoms with E-state index < -0.39 is 38.6 Å². The van der Waals surface area contributed by atoms with Crippen LogP contribution in [0, 0.1) is 0 Å². The number of hydrogen-bond acceptors (Lipinski definition) is 5. The van der Waals surface area contributed by atoms with Crippen LogP contribution in [0.15, 0.2) is 53.7 Å². The highest BCUT2D eigenvalue weighted by Gasteiger charge is 2.51. The number of imidazole rings is 1. The standard InChI is InChI=1S/C20H15Cl2F3N4O4S/c1-19(9-11-2-4-15(5-3-11)33-20(23,24)25)17(30)28(14-7-12(21)6-13(22)8-14)18-27-10-16(29(18)19)34(26,31)32/h2-8,10H,9H2,1H3,(H2,26,31,32)/t19-/m1/s1/i6+1,7+1,8+1,12+1,13+1,14+1. The lowest BCUT2D eigenvalue weighted by molar-refractivity contribution is -0.274. The van der Waals surface area contributed by atoms with Crippen LogP contribution in [0.2, 0.25) is 10.0 Å². The number of rotatable bonds is 5. The molecule has 1 aliphatic heterocycles. The van der Waals surface area contributed by atoms with Crippen molar-refractivity contribution >= 4 is 50.8 Å². The van der Waals surface area contributed by atoms with Crippen molar-refractivity contribution < 1.29 is 31.1 Å². The lowest BCUT2D eigenvalue weighted by Gasteiger charge is -2.26. The third kappa shape index (κ3) is 4.45. The van der Waals surface area contributed by atoms with Gasteiger partial charge in [0.05, 0.1) is 11.9 Å². The number of aromatic nitrogens is 2. The van der Waals surface area contributed by atoms with E-state index in [2.05, 4.69) is 9.72 Å². The van der Waals surface area contributed by atoms with Crippen molar-refractivity contribution in [3.05, 3.63) is 64.3 Å². The number of halogens is 5. The fraction of sp³-hybridized carbons (Fsp3) is 0.200. The molecule has 2 aromatic carbocycles. The number of alkyl halides is 3. The van der Waals surface area contributed by atoms with Gasteiger partial charge in [-0.15, -0.1) is 13.2 Å². The van der Waals surface area contributed by atoms with Crippen molar-refractivity contribution in [3.63, 3.8) is 0 Å². The summed E-state index contributed by atoms with van der Waals surface area (Å²) in [5, 5.41) is 5.41. The molecule has 1 atom stereocenters. The fourth-order valence-corrected chi connectivity index (χ4v) is 5.09. The molecule has 0 saturated heterocycles. The Bertz CT molecular complexity index is 1370. The number of benzene rings is 2. The van der Waals surface area contributed by atoms with E-state index in [0.717, 1.165) is 23.2 Å². The first-order chi connectivity index (χ1) is 15.7. The van der Waals surface area contributed by atoms with Crippen LogP contribution in [0.5, 0.6) is 5.75 Å². The summed E-state index contributed by atoms with van der Waals surface area (Å²) in [6.07, 6.45) is -3.94. The minimum atomic E-state index is -4.86. The molecule has 0 aliphatic carbocycles. The van der Waals surface area contributed by atoms with Crippen molar-refractivity contribution in [1.29, 1.82) is 0 Å². The largest absolute Gasteiger partial charge is 0.573 e. The number of sulfonamides is 1. The molecule has 0 saturated carbocycles. The molecular weight excluding hydrogens is 526 g/mol. The predicted molar refractivity (Wildman–Crippen MR) is 118 cm³/mol. The van der Waals surface area contributed by atoms with E-state index in [1.54, 1.807) is 0 Å². The zero-order valence-corrected chi connectivity index (χ0v) is 19.5. The topological polar surface area (TPSA) is 108 Å². The van der Waals surface area contributed by atoms with Crippen molar-refractivity contribution in [2.75, 3.05) is 4.90 Å². The Labute approximate surface area is 201 Å². The molecule has 0 unspecified atom stereocenters. The van der Waals surface area contributed by atoms with Crippen molar-refractivity contribution in [2.24, 2.45) is 5.14 Å². The van der Waals surface area contributed by atoms with Gasteiger partial charge in [-0.1, -0.05) is 35.3 Å². The van der Waals surface area contributed by atoms with Gasteiger partial charge in [0.1, 0.15) is 11.3 Å². The molecule has 0 radical (unpaired) electrons. The van der Waals surface area contributed by atoms with Crippen LogP contribution in [-0.4, -0.2) is 30.2 Å². The van der Waals surface area contributed by atoms with E-state index in [1.165, 1.54) is 41.8 Å². The van der Waals surface area contributed by atoms with Crippen molar-refractivity contribution in [3.8, 4) is 5.75 Å². The summed E-state index contributed by atoms with van der Waals surface area (Å²) in [7, 11) is -4.30. The van der Waals surface area contributed by atoms with E-state index >= 15 is 0 Å². The zero-order chi connectivity index (χ0) is 25.1. The van der Waals surface area contributed by atoms with E-state index in [1.807, 2.05) is 0 Å². The molecular formula is C20H15Cl2F3N4O4S. The highest BCUT2D eigenvalue weighted by Crippen LogP contribution is 2.44. The van der Waals surface area contributed by atoms with Crippen LogP contribution in [0.4, 0.5) is 24.8 Å². The summed E-state index contributed by atoms with van der Waals surface area (Å²) in [4.78, 5) is 18.9. The molecule has 1 aliphatic rings. The second kappa shape index (κ2) is 8.15. The van der Waals surface area contributed by atoms with E-state index in [-0.39, 0.29) is 28.1 Å². The number of anilines is 2. The first-order valence-corrected chi connectivity index (χ1v) is 11.8. The maximum Gasteiger partial charge on any atom is 0.573 e. The number of fused-ring (bicyclic) bond motifs is 1. The molecule has 2 heterocycles. The fourth-order valence-electron chi connectivity index (χ4n) is 3.84. The number of nitrogens with zero attached hydrogens (tertiary/aromatic N) is 3. The maximum absolute atomic E-state index is 13.7. The number of carbonyl (C=O) groups excluding carboxylic acids is 1. The average Bonchev–Trinajstić information content (AvgIpc) is 3.21. The summed E-state index contributed by atoms with van der Waals surface area (Å²) in [6.45, 7) is 1.47. The van der Waals surface area contributed by atoms with Crippen LogP contribution in [0.1, 0.15) is 12.5 Å². The number of hydrogen-bond donors (Lipinski definition) is 1. The highest BCUT2D eigenvalue weighted by molar-refractivity contribution is 7.89. The molecule has 8 nitrogen and oxygen atoms in total. The quantitative estimate of drug-likeness (QED) is 0.517. The second-order valence-electron chi connectivity index (χ2n) is 7.69. The highest BCUT2D eigenvalue weighted by atomic mass is 35.5. The first-order valence-electron chi connectivity index (χ1n) is 9.45. The van der Waals surface area contributed by atoms with Gasteiger partial charge in [-0.2, -0.15) is 0 Å². The van der Waals surface area contributed by atoms with E-state index in [0.29, 0.717) is 5.56 Å². The molecule has 2 N–H and O–H groups in total. The SMILES string of the molecule is C[C@@]1(Cc2ccc(OC(F)(F)F)cc2)C(=O)N([13c]2[13cH][13c](Cl)[13cH][13c](Cl)[13cH]2)c2ncc(S(N)(=O)=O)n21. The van der Waals surface area contributed by atoms with Gasteiger partial charge >= 0.3 is 6.36 Å². The summed E-state index contributed by atoms with van der Waals surface area (Å²) in [6, 6.07) is 9.23. The van der Waals surface area contributed by atoms with Crippen LogP contribution in [-0.2, 0) is 26.8 Å². The molecule has 3 aromatic rings. The Hall–Kier alpha value is -2.80. The number of primary sulfonamides is 1. The molecule has 180 valence electrons. The monoisotopic (exact) mass is 540 g/mol. The summed E-state index contributed by atoms with van der Waals surface area (Å²) < 4.78 is 66.9. The van der Waals surface area contributed by atoms with Crippen LogP contribution < -0.4 is 14.8 Å². The number of carbonyl (C=O) groups is 1. The third-order valence-electron chi connectivity index (χ3n) is 5.17. The normalized spacial score (nSPS) is 18.3. The summed E-state index contributed by atoms with van der Waals surface area (Å²) in [5.74, 6) is -1.05. The smallest absolute Gasteiger partial charge is 0.406 e. The van der Waals surface area contributed by atoms with Crippen LogP contribution in [0.3, 0.4) is 0 Å². The molecule has 0 fully saturated rings. The molecule has 14 heteroatoms. The lowest BCUT2D eigenvalue weighted by atomic mass is 9.92. The molecule has 4 rings (SSSR count). The van der Waals surface area contributed by atoms with Gasteiger partial charge in [-0.3, -0.25) is 9.36 Å². The Morgan fingerprint density at radius 1 is 1.12 bits per heavy atom. The number of amides is 1. The Morgan fingerprint density at radius 3 is 2.24 bits per heavy atom. The number of ether oxygens (including phenoxy) is 1. The van der Waals surface area contributed by atoms with Gasteiger partial charge in [-0.05, 0) is 42.8 Å². The molecule has 34 heavy (non-hydrogen) atoms. The average molecular weight is 541 g/mol. The third-order valence-corrected chi connectivity index (χ3v) is 6.48. The van der Waals surface area contributed by atoms with E-state index in [4.69, 9.17) is 28.3 Å². The molecule has 1 amide bonds. The van der Waals surface area contributed by atoms with Gasteiger partial charge in [0, 0.05) is 16.5 Å². The predicted octanol–water partition coefficient (Wildman–Crippen LogP) is 4.37. The van der Waals surface area contributed by atoms with Gasteiger partial charge < -0.3 is 4.74 Å². The van der Waals surface area contributed by atoms with Gasteiger partial charge in [0.2, 0.25) is 5.95 Å². The summed E-state index contributed by atoms with van der Waals surface area (Å²) >= 11 is 12.2. The Kier molecular flexibility index (Phi) is 5.83. The van der Waals surface area contributed by atoms with Crippen molar-refractivity contribution in [1.82, 2.24) is 9.55 Å². The summed E-state index contributed by atoms with van der Waals surface area (Å²) in [5.41, 5.74) is -0.890. The van der Waals surface area contributed by atoms with Gasteiger partial charge in [-0.25, -0.2) is 23.4 Å². The van der Waals surface area contributed by atoms with Crippen molar-refractivity contribution in [2.45, 2.75) is 30.3 Å². The number of nitrogens with two attached hydrogens (primary N) is 1. The Morgan fingerprint density at radius 2 is 1.71 bits per heavy atom. The maximum atomic E-state index is 13.7. The molecule has 1 aromatic heterocycles. The molecule has 0 bridgehead atoms. The minimum Gasteiger partial charge on any atom is -0.406 e. The van der Waals surface area contributed by atoms with Crippen LogP contribution in [0.25, 0.3) is 0 Å². The lowest BCUT2D eigenvalue weighted by Crippen LogP contribution is -2.42. The second-order valence-corrected chi connectivity index (χ2v) is 10.1. The minimum absolute atomic E-state index is 0.0353. The molecule has 0 spiro atoms. The first kappa shape index (κ1) is 24.3. The van der Waals surface area contributed by atoms with Gasteiger partial charge in [0.15, 0.2) is 5.03 Å². The Balaban J connectivity index is 1.81.